The highest BCUT2D eigenvalue weighted by atomic mass is 79.9. The van der Waals surface area contributed by atoms with Gasteiger partial charge in [-0.3, -0.25) is 19.3 Å². The summed E-state index contributed by atoms with van der Waals surface area (Å²) in [5, 5.41) is 21.2. The SMILES string of the molecule is CCCCOC(=O)CN1C(=O)[C@@](O)(CC(=O)c2ccccc2O)c2cc(Br)ccc21. The molecule has 0 aliphatic carbocycles. The molecule has 1 aliphatic heterocycles. The summed E-state index contributed by atoms with van der Waals surface area (Å²) in [6.45, 7) is 1.85. The molecule has 2 N–H and O–H groups in total. The van der Waals surface area contributed by atoms with E-state index in [1.165, 1.54) is 12.1 Å². The molecule has 7 nitrogen and oxygen atoms in total. The number of ether oxygens (including phenoxy) is 1. The van der Waals surface area contributed by atoms with Crippen molar-refractivity contribution in [1.29, 1.82) is 0 Å². The summed E-state index contributed by atoms with van der Waals surface area (Å²) >= 11 is 3.31. The van der Waals surface area contributed by atoms with Crippen molar-refractivity contribution in [1.82, 2.24) is 0 Å². The van der Waals surface area contributed by atoms with Crippen LogP contribution in [0.25, 0.3) is 0 Å². The molecule has 2 aromatic rings. The van der Waals surface area contributed by atoms with Gasteiger partial charge >= 0.3 is 5.97 Å². The number of halogens is 1. The van der Waals surface area contributed by atoms with E-state index in [1.54, 1.807) is 30.3 Å². The topological polar surface area (TPSA) is 104 Å². The van der Waals surface area contributed by atoms with Gasteiger partial charge in [-0.25, -0.2) is 0 Å². The van der Waals surface area contributed by atoms with Crippen LogP contribution in [0.3, 0.4) is 0 Å². The number of ketones is 1. The summed E-state index contributed by atoms with van der Waals surface area (Å²) in [6, 6.07) is 10.8. The number of para-hydroxylation sites is 1. The van der Waals surface area contributed by atoms with Gasteiger partial charge in [0.15, 0.2) is 11.4 Å². The largest absolute Gasteiger partial charge is 0.507 e. The number of carbonyl (C=O) groups is 3. The number of carbonyl (C=O) groups excluding carboxylic acids is 3. The van der Waals surface area contributed by atoms with Gasteiger partial charge in [0.25, 0.3) is 5.91 Å². The highest BCUT2D eigenvalue weighted by Gasteiger charge is 2.51. The molecular weight excluding hydrogens is 454 g/mol. The molecule has 8 heteroatoms. The number of amides is 1. The zero-order valence-electron chi connectivity index (χ0n) is 16.4. The van der Waals surface area contributed by atoms with Crippen LogP contribution in [-0.4, -0.2) is 41.0 Å². The Morgan fingerprint density at radius 1 is 1.20 bits per heavy atom. The van der Waals surface area contributed by atoms with Crippen molar-refractivity contribution in [2.45, 2.75) is 31.8 Å². The zero-order valence-corrected chi connectivity index (χ0v) is 18.0. The van der Waals surface area contributed by atoms with Crippen molar-refractivity contribution in [3.05, 3.63) is 58.1 Å². The number of phenolic OH excluding ortho intramolecular Hbond substituents is 1. The first-order valence-corrected chi connectivity index (χ1v) is 10.4. The molecule has 0 bridgehead atoms. The first-order chi connectivity index (χ1) is 14.3. The van der Waals surface area contributed by atoms with Crippen molar-refractivity contribution in [2.75, 3.05) is 18.1 Å². The van der Waals surface area contributed by atoms with Crippen molar-refractivity contribution in [2.24, 2.45) is 0 Å². The minimum Gasteiger partial charge on any atom is -0.507 e. The quantitative estimate of drug-likeness (QED) is 0.344. The molecule has 3 rings (SSSR count). The fourth-order valence-corrected chi connectivity index (χ4v) is 3.75. The molecule has 0 unspecified atom stereocenters. The second-order valence-electron chi connectivity index (χ2n) is 7.10. The van der Waals surface area contributed by atoms with Gasteiger partial charge in [0.2, 0.25) is 0 Å². The number of esters is 1. The number of benzene rings is 2. The van der Waals surface area contributed by atoms with Gasteiger partial charge in [-0.1, -0.05) is 41.4 Å². The van der Waals surface area contributed by atoms with Gasteiger partial charge in [0.1, 0.15) is 12.3 Å². The number of rotatable bonds is 8. The summed E-state index contributed by atoms with van der Waals surface area (Å²) in [6.07, 6.45) is 0.997. The van der Waals surface area contributed by atoms with Crippen LogP contribution in [0.5, 0.6) is 5.75 Å². The normalized spacial score (nSPS) is 17.7. The molecule has 1 amide bonds. The first kappa shape index (κ1) is 22.0. The number of hydrogen-bond donors (Lipinski definition) is 2. The Morgan fingerprint density at radius 3 is 2.63 bits per heavy atom. The molecule has 0 radical (unpaired) electrons. The number of aliphatic hydroxyl groups is 1. The number of hydrogen-bond acceptors (Lipinski definition) is 6. The molecule has 30 heavy (non-hydrogen) atoms. The lowest BCUT2D eigenvalue weighted by molar-refractivity contribution is -0.144. The third-order valence-electron chi connectivity index (χ3n) is 4.96. The summed E-state index contributed by atoms with van der Waals surface area (Å²) in [5.41, 5.74) is -1.61. The van der Waals surface area contributed by atoms with Crippen molar-refractivity contribution in [3.63, 3.8) is 0 Å². The standard InChI is InChI=1S/C22H22BrNO6/c1-2-3-10-30-20(27)13-24-17-9-8-14(23)11-16(17)22(29,21(24)28)12-19(26)15-6-4-5-7-18(15)25/h4-9,11,25,29H,2-3,10,12-13H2,1H3/t22-/m1/s1. The molecule has 0 saturated carbocycles. The van der Waals surface area contributed by atoms with E-state index in [0.717, 1.165) is 11.3 Å². The van der Waals surface area contributed by atoms with E-state index >= 15 is 0 Å². The first-order valence-electron chi connectivity index (χ1n) is 9.59. The molecule has 158 valence electrons. The molecule has 1 aliphatic rings. The van der Waals surface area contributed by atoms with Crippen LogP contribution in [0.15, 0.2) is 46.9 Å². The van der Waals surface area contributed by atoms with Gasteiger partial charge < -0.3 is 14.9 Å². The van der Waals surface area contributed by atoms with E-state index in [1.807, 2.05) is 6.92 Å². The lowest BCUT2D eigenvalue weighted by Crippen LogP contribution is -2.44. The van der Waals surface area contributed by atoms with E-state index in [-0.39, 0.29) is 30.0 Å². The Balaban J connectivity index is 1.90. The van der Waals surface area contributed by atoms with Crippen LogP contribution in [0.4, 0.5) is 5.69 Å². The number of nitrogens with zero attached hydrogens (tertiary/aromatic N) is 1. The average molecular weight is 476 g/mol. The summed E-state index contributed by atoms with van der Waals surface area (Å²) in [7, 11) is 0. The Bertz CT molecular complexity index is 991. The molecular formula is C22H22BrNO6. The van der Waals surface area contributed by atoms with Crippen molar-refractivity contribution < 1.29 is 29.3 Å². The molecule has 1 atom stereocenters. The number of unbranched alkanes of at least 4 members (excludes halogenated alkanes) is 1. The molecule has 0 fully saturated rings. The number of aromatic hydroxyl groups is 1. The van der Waals surface area contributed by atoms with Gasteiger partial charge in [0, 0.05) is 10.0 Å². The predicted molar refractivity (Wildman–Crippen MR) is 113 cm³/mol. The van der Waals surface area contributed by atoms with Gasteiger partial charge in [-0.05, 0) is 36.8 Å². The van der Waals surface area contributed by atoms with E-state index in [2.05, 4.69) is 15.9 Å². The third-order valence-corrected chi connectivity index (χ3v) is 5.46. The maximum atomic E-state index is 13.2. The predicted octanol–water partition coefficient (Wildman–Crippen LogP) is 3.31. The van der Waals surface area contributed by atoms with Crippen LogP contribution in [0.1, 0.15) is 42.1 Å². The molecule has 1 heterocycles. The van der Waals surface area contributed by atoms with Crippen LogP contribution in [0.2, 0.25) is 0 Å². The molecule has 2 aromatic carbocycles. The van der Waals surface area contributed by atoms with Crippen LogP contribution < -0.4 is 4.90 Å². The maximum Gasteiger partial charge on any atom is 0.326 e. The fraction of sp³-hybridized carbons (Fsp3) is 0.318. The summed E-state index contributed by atoms with van der Waals surface area (Å²) < 4.78 is 5.75. The van der Waals surface area contributed by atoms with Gasteiger partial charge in [0.05, 0.1) is 24.3 Å². The molecule has 0 aromatic heterocycles. The van der Waals surface area contributed by atoms with E-state index in [9.17, 15) is 24.6 Å². The zero-order chi connectivity index (χ0) is 21.9. The summed E-state index contributed by atoms with van der Waals surface area (Å²) in [5.74, 6) is -2.21. The van der Waals surface area contributed by atoms with E-state index in [4.69, 9.17) is 4.74 Å². The summed E-state index contributed by atoms with van der Waals surface area (Å²) in [4.78, 5) is 39.2. The number of anilines is 1. The van der Waals surface area contributed by atoms with Crippen LogP contribution in [0, 0.1) is 0 Å². The lowest BCUT2D eigenvalue weighted by atomic mass is 9.88. The smallest absolute Gasteiger partial charge is 0.326 e. The highest BCUT2D eigenvalue weighted by Crippen LogP contribution is 2.44. The lowest BCUT2D eigenvalue weighted by Gasteiger charge is -2.22. The minimum atomic E-state index is -2.16. The molecule has 0 saturated heterocycles. The second kappa shape index (κ2) is 8.97. The minimum absolute atomic E-state index is 0.00713. The molecule has 0 spiro atoms. The Labute approximate surface area is 182 Å². The Kier molecular flexibility index (Phi) is 6.58. The number of fused-ring (bicyclic) bond motifs is 1. The van der Waals surface area contributed by atoms with Crippen molar-refractivity contribution in [3.8, 4) is 5.75 Å². The maximum absolute atomic E-state index is 13.2. The second-order valence-corrected chi connectivity index (χ2v) is 8.02. The number of Topliss-reactive ketones (excluding diaryl/α,β-unsaturated/α-hetero) is 1. The van der Waals surface area contributed by atoms with Crippen LogP contribution in [-0.2, 0) is 19.9 Å². The average Bonchev–Trinajstić information content (AvgIpc) is 2.90. The number of phenols is 1. The monoisotopic (exact) mass is 475 g/mol. The Hall–Kier alpha value is -2.71. The van der Waals surface area contributed by atoms with E-state index in [0.29, 0.717) is 16.6 Å². The Morgan fingerprint density at radius 2 is 1.93 bits per heavy atom. The van der Waals surface area contributed by atoms with E-state index < -0.39 is 29.7 Å². The van der Waals surface area contributed by atoms with Gasteiger partial charge in [-0.2, -0.15) is 0 Å². The van der Waals surface area contributed by atoms with Crippen LogP contribution >= 0.6 is 15.9 Å². The van der Waals surface area contributed by atoms with Gasteiger partial charge in [-0.15, -0.1) is 0 Å². The third kappa shape index (κ3) is 4.24. The fourth-order valence-electron chi connectivity index (χ4n) is 3.39. The highest BCUT2D eigenvalue weighted by molar-refractivity contribution is 9.10. The van der Waals surface area contributed by atoms with Crippen molar-refractivity contribution >= 4 is 39.3 Å².